The molecule has 0 bridgehead atoms. The molecule has 0 fully saturated rings. The van der Waals surface area contributed by atoms with E-state index in [4.69, 9.17) is 22.7 Å². The summed E-state index contributed by atoms with van der Waals surface area (Å²) in [5, 5.41) is 0. The molecule has 0 unspecified atom stereocenters. The van der Waals surface area contributed by atoms with Crippen LogP contribution >= 0.6 is 12.2 Å². The standard InChI is InChI=1S/C15H19N3OS/c1-11(2)15-17-7-8-18(15)9-10-19-13-5-3-12(4-6-13)14(16)20/h3-8,11H,9-10H2,1-2H3,(H2,16,20). The number of benzene rings is 1. The zero-order chi connectivity index (χ0) is 14.5. The Bertz CT molecular complexity index is 575. The molecule has 2 aromatic rings. The third-order valence-electron chi connectivity index (χ3n) is 3.00. The van der Waals surface area contributed by atoms with Crippen LogP contribution in [-0.4, -0.2) is 21.1 Å². The van der Waals surface area contributed by atoms with Gasteiger partial charge in [0.1, 0.15) is 23.2 Å². The number of hydrogen-bond donors (Lipinski definition) is 1. The van der Waals surface area contributed by atoms with Gasteiger partial charge in [-0.05, 0) is 24.3 Å². The minimum atomic E-state index is 0.400. The monoisotopic (exact) mass is 289 g/mol. The van der Waals surface area contributed by atoms with Crippen LogP contribution in [0.25, 0.3) is 0 Å². The lowest BCUT2D eigenvalue weighted by atomic mass is 10.2. The highest BCUT2D eigenvalue weighted by Gasteiger charge is 2.06. The van der Waals surface area contributed by atoms with E-state index < -0.39 is 0 Å². The van der Waals surface area contributed by atoms with Crippen LogP contribution < -0.4 is 10.5 Å². The van der Waals surface area contributed by atoms with E-state index in [-0.39, 0.29) is 0 Å². The molecule has 4 nitrogen and oxygen atoms in total. The summed E-state index contributed by atoms with van der Waals surface area (Å²) in [7, 11) is 0. The van der Waals surface area contributed by atoms with E-state index in [2.05, 4.69) is 23.4 Å². The Balaban J connectivity index is 1.89. The molecule has 0 radical (unpaired) electrons. The smallest absolute Gasteiger partial charge is 0.119 e. The van der Waals surface area contributed by atoms with Gasteiger partial charge in [-0.25, -0.2) is 4.98 Å². The second kappa shape index (κ2) is 6.52. The van der Waals surface area contributed by atoms with Gasteiger partial charge in [-0.15, -0.1) is 0 Å². The number of thiocarbonyl (C=S) groups is 1. The highest BCUT2D eigenvalue weighted by Crippen LogP contribution is 2.14. The van der Waals surface area contributed by atoms with Gasteiger partial charge in [0.15, 0.2) is 0 Å². The SMILES string of the molecule is CC(C)c1nccn1CCOc1ccc(C(N)=S)cc1. The van der Waals surface area contributed by atoms with E-state index in [1.165, 1.54) is 0 Å². The molecule has 0 aliphatic heterocycles. The van der Waals surface area contributed by atoms with Crippen molar-refractivity contribution in [2.45, 2.75) is 26.3 Å². The average Bonchev–Trinajstić information content (AvgIpc) is 2.88. The summed E-state index contributed by atoms with van der Waals surface area (Å²) in [6.45, 7) is 5.65. The van der Waals surface area contributed by atoms with Gasteiger partial charge in [0.05, 0.1) is 6.54 Å². The van der Waals surface area contributed by atoms with E-state index in [0.717, 1.165) is 23.7 Å². The minimum absolute atomic E-state index is 0.400. The molecule has 0 amide bonds. The van der Waals surface area contributed by atoms with Crippen LogP contribution in [0.3, 0.4) is 0 Å². The first-order valence-corrected chi connectivity index (χ1v) is 7.02. The molecule has 2 rings (SSSR count). The lowest BCUT2D eigenvalue weighted by Crippen LogP contribution is -2.12. The third kappa shape index (κ3) is 3.57. The number of hydrogen-bond acceptors (Lipinski definition) is 3. The molecule has 0 saturated carbocycles. The summed E-state index contributed by atoms with van der Waals surface area (Å²) in [4.78, 5) is 4.75. The first-order valence-electron chi connectivity index (χ1n) is 6.61. The Morgan fingerprint density at radius 3 is 2.65 bits per heavy atom. The highest BCUT2D eigenvalue weighted by atomic mass is 32.1. The van der Waals surface area contributed by atoms with Crippen molar-refractivity contribution in [2.75, 3.05) is 6.61 Å². The van der Waals surface area contributed by atoms with Crippen LogP contribution in [0.4, 0.5) is 0 Å². The number of imidazole rings is 1. The average molecular weight is 289 g/mol. The first-order chi connectivity index (χ1) is 9.58. The van der Waals surface area contributed by atoms with E-state index in [1.807, 2.05) is 36.7 Å². The fraction of sp³-hybridized carbons (Fsp3) is 0.333. The van der Waals surface area contributed by atoms with Crippen LogP contribution in [-0.2, 0) is 6.54 Å². The fourth-order valence-electron chi connectivity index (χ4n) is 1.99. The predicted molar refractivity (Wildman–Crippen MR) is 84.1 cm³/mol. The Labute approximate surface area is 124 Å². The van der Waals surface area contributed by atoms with Gasteiger partial charge in [-0.2, -0.15) is 0 Å². The molecule has 0 aliphatic carbocycles. The Kier molecular flexibility index (Phi) is 4.74. The molecule has 0 spiro atoms. The van der Waals surface area contributed by atoms with Crippen molar-refractivity contribution in [1.82, 2.24) is 9.55 Å². The fourth-order valence-corrected chi connectivity index (χ4v) is 2.12. The predicted octanol–water partition coefficient (Wildman–Crippen LogP) is 2.72. The number of ether oxygens (including phenoxy) is 1. The first kappa shape index (κ1) is 14.5. The lowest BCUT2D eigenvalue weighted by molar-refractivity contribution is 0.295. The molecule has 106 valence electrons. The van der Waals surface area contributed by atoms with Gasteiger partial charge in [-0.1, -0.05) is 26.1 Å². The molecule has 0 aliphatic rings. The van der Waals surface area contributed by atoms with Gasteiger partial charge in [-0.3, -0.25) is 0 Å². The Morgan fingerprint density at radius 1 is 1.35 bits per heavy atom. The van der Waals surface area contributed by atoms with Crippen molar-refractivity contribution in [3.05, 3.63) is 48.0 Å². The second-order valence-electron chi connectivity index (χ2n) is 4.87. The van der Waals surface area contributed by atoms with Gasteiger partial charge in [0.2, 0.25) is 0 Å². The van der Waals surface area contributed by atoms with Gasteiger partial charge in [0, 0.05) is 23.9 Å². The van der Waals surface area contributed by atoms with Crippen molar-refractivity contribution in [3.63, 3.8) is 0 Å². The van der Waals surface area contributed by atoms with Crippen molar-refractivity contribution < 1.29 is 4.74 Å². The van der Waals surface area contributed by atoms with Crippen LogP contribution in [0, 0.1) is 0 Å². The summed E-state index contributed by atoms with van der Waals surface area (Å²) < 4.78 is 7.84. The van der Waals surface area contributed by atoms with Gasteiger partial charge >= 0.3 is 0 Å². The van der Waals surface area contributed by atoms with Crippen molar-refractivity contribution in [1.29, 1.82) is 0 Å². The van der Waals surface area contributed by atoms with E-state index >= 15 is 0 Å². The molecule has 1 heterocycles. The van der Waals surface area contributed by atoms with Crippen molar-refractivity contribution >= 4 is 17.2 Å². The van der Waals surface area contributed by atoms with Crippen LogP contribution in [0.2, 0.25) is 0 Å². The molecular formula is C15H19N3OS. The zero-order valence-corrected chi connectivity index (χ0v) is 12.6. The lowest BCUT2D eigenvalue weighted by Gasteiger charge is -2.11. The molecule has 2 N–H and O–H groups in total. The zero-order valence-electron chi connectivity index (χ0n) is 11.7. The molecule has 1 aromatic carbocycles. The summed E-state index contributed by atoms with van der Waals surface area (Å²) in [6.07, 6.45) is 3.81. The van der Waals surface area contributed by atoms with Crippen LogP contribution in [0.5, 0.6) is 5.75 Å². The summed E-state index contributed by atoms with van der Waals surface area (Å²) in [6, 6.07) is 7.50. The molecule has 0 saturated heterocycles. The normalized spacial score (nSPS) is 10.8. The maximum atomic E-state index is 5.72. The van der Waals surface area contributed by atoms with Crippen molar-refractivity contribution in [2.24, 2.45) is 5.73 Å². The maximum absolute atomic E-state index is 5.72. The molecule has 1 aromatic heterocycles. The summed E-state index contributed by atoms with van der Waals surface area (Å²) in [5.74, 6) is 2.31. The van der Waals surface area contributed by atoms with Gasteiger partial charge in [0.25, 0.3) is 0 Å². The quantitative estimate of drug-likeness (QED) is 0.831. The topological polar surface area (TPSA) is 53.1 Å². The third-order valence-corrected chi connectivity index (χ3v) is 3.24. The molecule has 0 atom stereocenters. The summed E-state index contributed by atoms with van der Waals surface area (Å²) in [5.41, 5.74) is 6.40. The van der Waals surface area contributed by atoms with Crippen LogP contribution in [0.15, 0.2) is 36.7 Å². The van der Waals surface area contributed by atoms with Gasteiger partial charge < -0.3 is 15.0 Å². The van der Waals surface area contributed by atoms with Crippen LogP contribution in [0.1, 0.15) is 31.2 Å². The number of rotatable bonds is 6. The number of nitrogens with two attached hydrogens (primary N) is 1. The van der Waals surface area contributed by atoms with E-state index in [1.54, 1.807) is 0 Å². The highest BCUT2D eigenvalue weighted by molar-refractivity contribution is 7.80. The molecule has 20 heavy (non-hydrogen) atoms. The molecule has 5 heteroatoms. The Hall–Kier alpha value is -1.88. The minimum Gasteiger partial charge on any atom is -0.492 e. The number of aromatic nitrogens is 2. The Morgan fingerprint density at radius 2 is 2.05 bits per heavy atom. The molecular weight excluding hydrogens is 270 g/mol. The van der Waals surface area contributed by atoms with Crippen molar-refractivity contribution in [3.8, 4) is 5.75 Å². The second-order valence-corrected chi connectivity index (χ2v) is 5.31. The number of nitrogens with zero attached hydrogens (tertiary/aromatic N) is 2. The summed E-state index contributed by atoms with van der Waals surface area (Å²) >= 11 is 4.91. The maximum Gasteiger partial charge on any atom is 0.119 e. The largest absolute Gasteiger partial charge is 0.492 e. The van der Waals surface area contributed by atoms with E-state index in [0.29, 0.717) is 17.5 Å². The van der Waals surface area contributed by atoms with E-state index in [9.17, 15) is 0 Å².